The van der Waals surface area contributed by atoms with Crippen molar-refractivity contribution in [1.82, 2.24) is 20.0 Å². The Morgan fingerprint density at radius 1 is 1.34 bits per heavy atom. The molecule has 2 unspecified atom stereocenters. The Kier molecular flexibility index (Phi) is 5.87. The Morgan fingerprint density at radius 3 is 2.97 bits per heavy atom. The molecule has 2 aliphatic heterocycles. The lowest BCUT2D eigenvalue weighted by Gasteiger charge is -2.26. The van der Waals surface area contributed by atoms with Crippen LogP contribution in [0.4, 0.5) is 0 Å². The molecule has 0 saturated carbocycles. The summed E-state index contributed by atoms with van der Waals surface area (Å²) in [6, 6.07) is 12.0. The van der Waals surface area contributed by atoms with Gasteiger partial charge in [-0.05, 0) is 32.3 Å². The second kappa shape index (κ2) is 8.55. The summed E-state index contributed by atoms with van der Waals surface area (Å²) in [5.74, 6) is 0.553. The van der Waals surface area contributed by atoms with Crippen LogP contribution in [0.15, 0.2) is 36.4 Å². The van der Waals surface area contributed by atoms with Crippen LogP contribution in [0.25, 0.3) is 0 Å². The molecule has 1 saturated heterocycles. The van der Waals surface area contributed by atoms with Crippen molar-refractivity contribution in [2.75, 3.05) is 26.2 Å². The molecule has 1 fully saturated rings. The maximum Gasteiger partial charge on any atom is 0.272 e. The van der Waals surface area contributed by atoms with Gasteiger partial charge in [0.2, 0.25) is 5.88 Å². The third-order valence-electron chi connectivity index (χ3n) is 5.73. The second-order valence-corrected chi connectivity index (χ2v) is 8.38. The van der Waals surface area contributed by atoms with E-state index in [2.05, 4.69) is 41.3 Å². The van der Waals surface area contributed by atoms with Crippen molar-refractivity contribution in [3.8, 4) is 5.88 Å². The monoisotopic (exact) mass is 398 g/mol. The van der Waals surface area contributed by atoms with Gasteiger partial charge in [-0.15, -0.1) is 0 Å². The minimum atomic E-state index is -0.236. The Bertz CT molecular complexity index is 816. The van der Waals surface area contributed by atoms with Crippen molar-refractivity contribution in [3.63, 3.8) is 0 Å². The fourth-order valence-electron chi connectivity index (χ4n) is 3.97. The van der Waals surface area contributed by atoms with Crippen molar-refractivity contribution >= 4 is 5.91 Å². The van der Waals surface area contributed by atoms with Crippen LogP contribution in [0.1, 0.15) is 42.7 Å². The first-order valence-corrected chi connectivity index (χ1v) is 10.4. The largest absolute Gasteiger partial charge is 0.476 e. The minimum absolute atomic E-state index is 0.126. The van der Waals surface area contributed by atoms with Gasteiger partial charge in [0.25, 0.3) is 5.91 Å². The molecule has 1 aromatic heterocycles. The van der Waals surface area contributed by atoms with E-state index >= 15 is 0 Å². The van der Waals surface area contributed by atoms with E-state index in [0.717, 1.165) is 32.5 Å². The topological polar surface area (TPSA) is 68.6 Å². The van der Waals surface area contributed by atoms with Gasteiger partial charge in [-0.25, -0.2) is 4.68 Å². The fourth-order valence-corrected chi connectivity index (χ4v) is 3.97. The molecule has 0 aliphatic carbocycles. The highest BCUT2D eigenvalue weighted by atomic mass is 16.5. The number of nitrogens with one attached hydrogen (secondary N) is 1. The third kappa shape index (κ3) is 4.97. The van der Waals surface area contributed by atoms with E-state index in [0.29, 0.717) is 31.3 Å². The molecule has 1 amide bonds. The van der Waals surface area contributed by atoms with Crippen LogP contribution < -0.4 is 10.1 Å². The van der Waals surface area contributed by atoms with E-state index in [-0.39, 0.29) is 17.6 Å². The molecule has 0 radical (unpaired) electrons. The van der Waals surface area contributed by atoms with Crippen molar-refractivity contribution < 1.29 is 14.3 Å². The first-order chi connectivity index (χ1) is 14.0. The van der Waals surface area contributed by atoms with Crippen molar-refractivity contribution in [2.45, 2.75) is 51.5 Å². The zero-order chi connectivity index (χ0) is 20.3. The Labute approximate surface area is 172 Å². The maximum absolute atomic E-state index is 12.6. The number of amides is 1. The number of carbonyl (C=O) groups excluding carboxylic acids is 1. The summed E-state index contributed by atoms with van der Waals surface area (Å²) in [5.41, 5.74) is 1.40. The van der Waals surface area contributed by atoms with Gasteiger partial charge < -0.3 is 19.7 Å². The lowest BCUT2D eigenvalue weighted by Crippen LogP contribution is -2.48. The number of hydrogen-bond acceptors (Lipinski definition) is 5. The second-order valence-electron chi connectivity index (χ2n) is 8.38. The molecule has 7 nitrogen and oxygen atoms in total. The SMILES string of the molecule is CC(CCN1CCC(C)(NC(=O)c2cc3n(n2)CCO3)C1)OCc1ccccc1. The van der Waals surface area contributed by atoms with E-state index in [9.17, 15) is 4.79 Å². The highest BCUT2D eigenvalue weighted by molar-refractivity contribution is 5.93. The lowest BCUT2D eigenvalue weighted by molar-refractivity contribution is 0.0413. The predicted molar refractivity (Wildman–Crippen MR) is 110 cm³/mol. The molecule has 29 heavy (non-hydrogen) atoms. The Morgan fingerprint density at radius 2 is 2.17 bits per heavy atom. The minimum Gasteiger partial charge on any atom is -0.476 e. The number of carbonyl (C=O) groups is 1. The normalized spacial score (nSPS) is 22.3. The van der Waals surface area contributed by atoms with E-state index in [1.54, 1.807) is 10.7 Å². The molecular weight excluding hydrogens is 368 g/mol. The van der Waals surface area contributed by atoms with Crippen molar-refractivity contribution in [2.24, 2.45) is 0 Å². The van der Waals surface area contributed by atoms with Crippen molar-refractivity contribution in [3.05, 3.63) is 47.7 Å². The Balaban J connectivity index is 1.21. The number of benzene rings is 1. The molecule has 0 bridgehead atoms. The predicted octanol–water partition coefficient (Wildman–Crippen LogP) is 2.47. The van der Waals surface area contributed by atoms with Gasteiger partial charge in [-0.3, -0.25) is 4.79 Å². The molecule has 1 aromatic carbocycles. The number of likely N-dealkylation sites (tertiary alicyclic amines) is 1. The number of ether oxygens (including phenoxy) is 2. The van der Waals surface area contributed by atoms with Crippen LogP contribution in [0, 0.1) is 0 Å². The highest BCUT2D eigenvalue weighted by Gasteiger charge is 2.36. The zero-order valence-electron chi connectivity index (χ0n) is 17.3. The smallest absolute Gasteiger partial charge is 0.272 e. The first-order valence-electron chi connectivity index (χ1n) is 10.4. The molecule has 2 aliphatic rings. The molecule has 2 atom stereocenters. The van der Waals surface area contributed by atoms with Crippen LogP contribution in [-0.4, -0.2) is 58.5 Å². The van der Waals surface area contributed by atoms with E-state index in [4.69, 9.17) is 9.47 Å². The number of rotatable bonds is 8. The number of hydrogen-bond donors (Lipinski definition) is 1. The molecule has 3 heterocycles. The molecule has 7 heteroatoms. The Hall–Kier alpha value is -2.38. The summed E-state index contributed by atoms with van der Waals surface area (Å²) in [5, 5.41) is 7.52. The quantitative estimate of drug-likeness (QED) is 0.740. The van der Waals surface area contributed by atoms with E-state index < -0.39 is 0 Å². The maximum atomic E-state index is 12.6. The van der Waals surface area contributed by atoms with E-state index in [1.807, 2.05) is 18.2 Å². The summed E-state index contributed by atoms with van der Waals surface area (Å²) in [7, 11) is 0. The summed E-state index contributed by atoms with van der Waals surface area (Å²) in [4.78, 5) is 15.0. The molecule has 1 N–H and O–H groups in total. The summed E-state index contributed by atoms with van der Waals surface area (Å²) in [6.07, 6.45) is 2.11. The summed E-state index contributed by atoms with van der Waals surface area (Å²) >= 11 is 0. The highest BCUT2D eigenvalue weighted by Crippen LogP contribution is 2.23. The number of fused-ring (bicyclic) bond motifs is 1. The molecule has 156 valence electrons. The average molecular weight is 399 g/mol. The van der Waals surface area contributed by atoms with Gasteiger partial charge in [0, 0.05) is 25.7 Å². The molecule has 4 rings (SSSR count). The standard InChI is InChI=1S/C22H30N4O3/c1-17(29-15-18-6-4-3-5-7-18)8-10-25-11-9-22(2,16-25)23-21(27)19-14-20-26(24-19)12-13-28-20/h3-7,14,17H,8-13,15-16H2,1-2H3,(H,23,27). The van der Waals surface area contributed by atoms with Crippen LogP contribution in [0.5, 0.6) is 5.88 Å². The lowest BCUT2D eigenvalue weighted by atomic mass is 10.0. The van der Waals surface area contributed by atoms with Gasteiger partial charge in [0.15, 0.2) is 5.69 Å². The van der Waals surface area contributed by atoms with Gasteiger partial charge in [-0.2, -0.15) is 5.10 Å². The van der Waals surface area contributed by atoms with Gasteiger partial charge in [-0.1, -0.05) is 30.3 Å². The van der Waals surface area contributed by atoms with Crippen LogP contribution in [0.3, 0.4) is 0 Å². The zero-order valence-corrected chi connectivity index (χ0v) is 17.3. The van der Waals surface area contributed by atoms with Crippen LogP contribution in [0.2, 0.25) is 0 Å². The molecule has 2 aromatic rings. The summed E-state index contributed by atoms with van der Waals surface area (Å²) in [6.45, 7) is 9.00. The van der Waals surface area contributed by atoms with Crippen LogP contribution in [-0.2, 0) is 17.9 Å². The third-order valence-corrected chi connectivity index (χ3v) is 5.73. The van der Waals surface area contributed by atoms with Gasteiger partial charge >= 0.3 is 0 Å². The van der Waals surface area contributed by atoms with Gasteiger partial charge in [0.05, 0.1) is 24.8 Å². The molecular formula is C22H30N4O3. The fraction of sp³-hybridized carbons (Fsp3) is 0.545. The number of nitrogens with zero attached hydrogens (tertiary/aromatic N) is 3. The van der Waals surface area contributed by atoms with E-state index in [1.165, 1.54) is 5.56 Å². The van der Waals surface area contributed by atoms with Gasteiger partial charge in [0.1, 0.15) is 6.61 Å². The number of aromatic nitrogens is 2. The summed E-state index contributed by atoms with van der Waals surface area (Å²) < 4.78 is 13.2. The first kappa shape index (κ1) is 19.9. The molecule has 0 spiro atoms. The van der Waals surface area contributed by atoms with Crippen LogP contribution >= 0.6 is 0 Å². The van der Waals surface area contributed by atoms with Crippen molar-refractivity contribution in [1.29, 1.82) is 0 Å². The average Bonchev–Trinajstić information content (AvgIpc) is 3.40.